The van der Waals surface area contributed by atoms with Crippen LogP contribution in [0.1, 0.15) is 12.1 Å². The molecule has 14 heavy (non-hydrogen) atoms. The summed E-state index contributed by atoms with van der Waals surface area (Å²) in [7, 11) is 4.08. The van der Waals surface area contributed by atoms with E-state index < -0.39 is 0 Å². The highest BCUT2D eigenvalue weighted by atomic mass is 15.4. The van der Waals surface area contributed by atoms with E-state index in [0.29, 0.717) is 6.04 Å². The van der Waals surface area contributed by atoms with Gasteiger partial charge in [0.25, 0.3) is 0 Å². The van der Waals surface area contributed by atoms with E-state index in [0.717, 1.165) is 18.8 Å². The molecular weight excluding hydrogens is 178 g/mol. The molecule has 1 aromatic rings. The Hall–Kier alpha value is -0.940. The first-order chi connectivity index (χ1) is 6.75. The molecule has 1 atom stereocenters. The van der Waals surface area contributed by atoms with Gasteiger partial charge in [-0.1, -0.05) is 5.21 Å². The first kappa shape index (κ1) is 9.61. The lowest BCUT2D eigenvalue weighted by Crippen LogP contribution is -2.31. The van der Waals surface area contributed by atoms with Gasteiger partial charge in [-0.15, -0.1) is 5.10 Å². The topological polar surface area (TPSA) is 46.0 Å². The van der Waals surface area contributed by atoms with Crippen molar-refractivity contribution in [1.29, 1.82) is 0 Å². The van der Waals surface area contributed by atoms with Gasteiger partial charge in [-0.3, -0.25) is 4.68 Å². The predicted molar refractivity (Wildman–Crippen MR) is 53.7 cm³/mol. The largest absolute Gasteiger partial charge is 0.307 e. The highest BCUT2D eigenvalue weighted by Crippen LogP contribution is 2.06. The average Bonchev–Trinajstić information content (AvgIpc) is 2.72. The van der Waals surface area contributed by atoms with Crippen molar-refractivity contribution in [2.75, 3.05) is 20.1 Å². The Morgan fingerprint density at radius 2 is 2.43 bits per heavy atom. The van der Waals surface area contributed by atoms with Crippen molar-refractivity contribution in [3.8, 4) is 0 Å². The minimum atomic E-state index is 0.620. The highest BCUT2D eigenvalue weighted by Gasteiger charge is 2.18. The van der Waals surface area contributed by atoms with Gasteiger partial charge in [-0.2, -0.15) is 0 Å². The van der Waals surface area contributed by atoms with Crippen LogP contribution < -0.4 is 5.32 Å². The summed E-state index contributed by atoms with van der Waals surface area (Å²) in [6.07, 6.45) is 3.05. The summed E-state index contributed by atoms with van der Waals surface area (Å²) >= 11 is 0. The van der Waals surface area contributed by atoms with Crippen LogP contribution >= 0.6 is 0 Å². The molecule has 0 bridgehead atoms. The maximum atomic E-state index is 3.89. The van der Waals surface area contributed by atoms with E-state index >= 15 is 0 Å². The third-order valence-electron chi connectivity index (χ3n) is 2.77. The molecule has 0 spiro atoms. The molecule has 0 saturated carbocycles. The summed E-state index contributed by atoms with van der Waals surface area (Å²) in [5, 5.41) is 11.3. The number of likely N-dealkylation sites (tertiary alicyclic amines) is 1. The maximum absolute atomic E-state index is 3.89. The maximum Gasteiger partial charge on any atom is 0.0738 e. The second kappa shape index (κ2) is 4.06. The van der Waals surface area contributed by atoms with Crippen molar-refractivity contribution >= 4 is 0 Å². The van der Waals surface area contributed by atoms with E-state index in [2.05, 4.69) is 27.6 Å². The molecular formula is C9H17N5. The number of rotatable bonds is 3. The van der Waals surface area contributed by atoms with Crippen molar-refractivity contribution in [1.82, 2.24) is 25.2 Å². The third-order valence-corrected chi connectivity index (χ3v) is 2.77. The molecule has 1 N–H and O–H groups in total. The average molecular weight is 195 g/mol. The smallest absolute Gasteiger partial charge is 0.0738 e. The van der Waals surface area contributed by atoms with Gasteiger partial charge in [-0.25, -0.2) is 0 Å². The summed E-state index contributed by atoms with van der Waals surface area (Å²) in [5.74, 6) is 0. The van der Waals surface area contributed by atoms with E-state index in [4.69, 9.17) is 0 Å². The van der Waals surface area contributed by atoms with Gasteiger partial charge in [0.15, 0.2) is 0 Å². The lowest BCUT2D eigenvalue weighted by Gasteiger charge is -2.12. The molecule has 1 aliphatic rings. The molecule has 1 aromatic heterocycles. The zero-order chi connectivity index (χ0) is 9.97. The van der Waals surface area contributed by atoms with E-state index in [1.54, 1.807) is 0 Å². The van der Waals surface area contributed by atoms with E-state index in [1.165, 1.54) is 13.0 Å². The van der Waals surface area contributed by atoms with Gasteiger partial charge in [0.05, 0.1) is 11.9 Å². The Kier molecular flexibility index (Phi) is 2.79. The molecule has 1 aliphatic heterocycles. The second-order valence-electron chi connectivity index (χ2n) is 3.98. The lowest BCUT2D eigenvalue weighted by molar-refractivity contribution is 0.396. The molecule has 5 nitrogen and oxygen atoms in total. The standard InChI is InChI=1S/C9H17N5/c1-13-4-3-8(7-13)10-5-9-6-11-12-14(9)2/h6,8,10H,3-5,7H2,1-2H3. The van der Waals surface area contributed by atoms with Crippen LogP contribution in [0, 0.1) is 0 Å². The number of hydrogen-bond acceptors (Lipinski definition) is 4. The SMILES string of the molecule is CN1CCC(NCc2cnnn2C)C1. The third kappa shape index (κ3) is 2.10. The number of aromatic nitrogens is 3. The van der Waals surface area contributed by atoms with Crippen LogP contribution in [0.3, 0.4) is 0 Å². The zero-order valence-electron chi connectivity index (χ0n) is 8.77. The van der Waals surface area contributed by atoms with Crippen LogP contribution in [-0.4, -0.2) is 46.1 Å². The Labute approximate surface area is 84.1 Å². The number of aryl methyl sites for hydroxylation is 1. The van der Waals surface area contributed by atoms with E-state index in [9.17, 15) is 0 Å². The monoisotopic (exact) mass is 195 g/mol. The quantitative estimate of drug-likeness (QED) is 0.713. The highest BCUT2D eigenvalue weighted by molar-refractivity contribution is 4.93. The van der Waals surface area contributed by atoms with Crippen LogP contribution in [0.25, 0.3) is 0 Å². The second-order valence-corrected chi connectivity index (χ2v) is 3.98. The molecule has 1 fully saturated rings. The predicted octanol–water partition coefficient (Wildman–Crippen LogP) is -0.391. The zero-order valence-corrected chi connectivity index (χ0v) is 8.77. The molecule has 1 saturated heterocycles. The normalized spacial score (nSPS) is 23.1. The Balaban J connectivity index is 1.80. The summed E-state index contributed by atoms with van der Waals surface area (Å²) in [5.41, 5.74) is 1.14. The number of nitrogens with one attached hydrogen (secondary N) is 1. The molecule has 1 unspecified atom stereocenters. The fraction of sp³-hybridized carbons (Fsp3) is 0.778. The van der Waals surface area contributed by atoms with Gasteiger partial charge < -0.3 is 10.2 Å². The number of likely N-dealkylation sites (N-methyl/N-ethyl adjacent to an activating group) is 1. The summed E-state index contributed by atoms with van der Waals surface area (Å²) < 4.78 is 1.81. The van der Waals surface area contributed by atoms with Crippen LogP contribution in [0.2, 0.25) is 0 Å². The molecule has 2 rings (SSSR count). The Bertz CT molecular complexity index is 295. The first-order valence-corrected chi connectivity index (χ1v) is 5.01. The number of nitrogens with zero attached hydrogens (tertiary/aromatic N) is 4. The van der Waals surface area contributed by atoms with Gasteiger partial charge in [0.2, 0.25) is 0 Å². The van der Waals surface area contributed by atoms with Crippen LogP contribution in [0.4, 0.5) is 0 Å². The molecule has 0 aliphatic carbocycles. The van der Waals surface area contributed by atoms with Gasteiger partial charge in [-0.05, 0) is 20.0 Å². The van der Waals surface area contributed by atoms with E-state index in [-0.39, 0.29) is 0 Å². The van der Waals surface area contributed by atoms with Crippen LogP contribution in [-0.2, 0) is 13.6 Å². The summed E-state index contributed by atoms with van der Waals surface area (Å²) in [6.45, 7) is 3.20. The Morgan fingerprint density at radius 1 is 1.57 bits per heavy atom. The van der Waals surface area contributed by atoms with Gasteiger partial charge in [0, 0.05) is 26.2 Å². The van der Waals surface area contributed by atoms with Crippen molar-refractivity contribution in [2.24, 2.45) is 7.05 Å². The fourth-order valence-electron chi connectivity index (χ4n) is 1.82. The molecule has 5 heteroatoms. The van der Waals surface area contributed by atoms with Crippen molar-refractivity contribution in [3.63, 3.8) is 0 Å². The lowest BCUT2D eigenvalue weighted by atomic mass is 10.2. The molecule has 0 amide bonds. The van der Waals surface area contributed by atoms with Gasteiger partial charge >= 0.3 is 0 Å². The van der Waals surface area contributed by atoms with Crippen molar-refractivity contribution in [3.05, 3.63) is 11.9 Å². The Morgan fingerprint density at radius 3 is 3.00 bits per heavy atom. The fourth-order valence-corrected chi connectivity index (χ4v) is 1.82. The molecule has 0 aromatic carbocycles. The van der Waals surface area contributed by atoms with E-state index in [1.807, 2.05) is 17.9 Å². The summed E-state index contributed by atoms with van der Waals surface area (Å²) in [6, 6.07) is 0.620. The first-order valence-electron chi connectivity index (χ1n) is 5.01. The van der Waals surface area contributed by atoms with Crippen molar-refractivity contribution < 1.29 is 0 Å². The van der Waals surface area contributed by atoms with Crippen LogP contribution in [0.15, 0.2) is 6.20 Å². The summed E-state index contributed by atoms with van der Waals surface area (Å²) in [4.78, 5) is 2.35. The minimum absolute atomic E-state index is 0.620. The van der Waals surface area contributed by atoms with Gasteiger partial charge in [0.1, 0.15) is 0 Å². The van der Waals surface area contributed by atoms with Crippen LogP contribution in [0.5, 0.6) is 0 Å². The molecule has 78 valence electrons. The van der Waals surface area contributed by atoms with Crippen molar-refractivity contribution in [2.45, 2.75) is 19.0 Å². The molecule has 0 radical (unpaired) electrons. The minimum Gasteiger partial charge on any atom is -0.307 e. The molecule has 2 heterocycles. The number of hydrogen-bond donors (Lipinski definition) is 1.